The summed E-state index contributed by atoms with van der Waals surface area (Å²) in [7, 11) is 0. The van der Waals surface area contributed by atoms with Gasteiger partial charge < -0.3 is 25.0 Å². The second-order valence-electron chi connectivity index (χ2n) is 4.56. The maximum Gasteiger partial charge on any atom is 0.330 e. The van der Waals surface area contributed by atoms with Crippen LogP contribution < -0.4 is 11.2 Å². The lowest BCUT2D eigenvalue weighted by molar-refractivity contribution is -0.0876. The summed E-state index contributed by atoms with van der Waals surface area (Å²) in [4.78, 5) is 25.2. The van der Waals surface area contributed by atoms with Crippen molar-refractivity contribution in [1.82, 2.24) is 9.55 Å². The van der Waals surface area contributed by atoms with Crippen molar-refractivity contribution in [3.63, 3.8) is 0 Å². The summed E-state index contributed by atoms with van der Waals surface area (Å²) in [5.41, 5.74) is -2.27. The first-order valence-corrected chi connectivity index (χ1v) is 6.07. The van der Waals surface area contributed by atoms with Crippen LogP contribution in [0.5, 0.6) is 0 Å². The summed E-state index contributed by atoms with van der Waals surface area (Å²) in [5.74, 6) is -1.23. The molecular weight excluding hydrogens is 275 g/mol. The van der Waals surface area contributed by atoms with Crippen molar-refractivity contribution in [2.45, 2.75) is 44.0 Å². The van der Waals surface area contributed by atoms with E-state index in [1.165, 1.54) is 0 Å². The molecule has 0 radical (unpaired) electrons. The van der Waals surface area contributed by atoms with Gasteiger partial charge in [0.2, 0.25) is 5.82 Å². The lowest BCUT2D eigenvalue weighted by Crippen LogP contribution is -2.43. The molecule has 1 fully saturated rings. The number of hydrogen-bond acceptors (Lipinski definition) is 6. The van der Waals surface area contributed by atoms with E-state index in [1.807, 2.05) is 4.98 Å². The van der Waals surface area contributed by atoms with E-state index in [9.17, 15) is 29.3 Å². The predicted molar refractivity (Wildman–Crippen MR) is 63.5 cm³/mol. The van der Waals surface area contributed by atoms with Gasteiger partial charge in [0, 0.05) is 6.20 Å². The molecule has 0 saturated carbocycles. The molecule has 1 aliphatic heterocycles. The van der Waals surface area contributed by atoms with Crippen molar-refractivity contribution in [3.05, 3.63) is 32.9 Å². The summed E-state index contributed by atoms with van der Waals surface area (Å²) in [6.07, 6.45) is -6.13. The van der Waals surface area contributed by atoms with E-state index in [2.05, 4.69) is 0 Å². The maximum atomic E-state index is 13.2. The monoisotopic (exact) mass is 290 g/mol. The number of aliphatic hydroxyl groups excluding tert-OH is 3. The van der Waals surface area contributed by atoms with E-state index in [1.54, 1.807) is 6.92 Å². The van der Waals surface area contributed by atoms with Gasteiger partial charge in [0.15, 0.2) is 6.23 Å². The van der Waals surface area contributed by atoms with Gasteiger partial charge in [-0.3, -0.25) is 4.79 Å². The Morgan fingerprint density at radius 2 is 2.10 bits per heavy atom. The van der Waals surface area contributed by atoms with Crippen molar-refractivity contribution < 1.29 is 24.4 Å². The van der Waals surface area contributed by atoms with Crippen molar-refractivity contribution in [2.75, 3.05) is 0 Å². The molecule has 1 aromatic rings. The third kappa shape index (κ3) is 2.29. The highest BCUT2D eigenvalue weighted by Gasteiger charge is 2.47. The molecule has 2 rings (SSSR count). The SMILES string of the molecule is CC[C@H](O)[C@H]1O[C@@H](n2c(=O)[nH]cc(F)c2=O)[C@@H](O)[C@@H]1O. The molecule has 4 N–H and O–H groups in total. The van der Waals surface area contributed by atoms with Crippen LogP contribution in [0.25, 0.3) is 0 Å². The molecule has 1 aromatic heterocycles. The minimum atomic E-state index is -1.64. The first kappa shape index (κ1) is 14.9. The molecular formula is C11H15FN2O6. The standard InChI is InChI=1S/C11H15FN2O6/c1-2-5(15)8-6(16)7(17)10(20-8)14-9(18)4(12)3-13-11(14)19/h3,5-8,10,15-17H,2H2,1H3,(H,13,19)/t5-,6-,7-,8+,10+/m0/s1. The highest BCUT2D eigenvalue weighted by atomic mass is 19.1. The molecule has 112 valence electrons. The van der Waals surface area contributed by atoms with E-state index in [0.717, 1.165) is 0 Å². The molecule has 1 aliphatic rings. The summed E-state index contributed by atoms with van der Waals surface area (Å²) in [6.45, 7) is 1.63. The van der Waals surface area contributed by atoms with E-state index in [-0.39, 0.29) is 6.42 Å². The zero-order valence-electron chi connectivity index (χ0n) is 10.6. The Bertz CT molecular complexity index is 599. The molecule has 1 saturated heterocycles. The van der Waals surface area contributed by atoms with Gasteiger partial charge in [-0.15, -0.1) is 0 Å². The van der Waals surface area contributed by atoms with Crippen LogP contribution in [-0.2, 0) is 4.74 Å². The second kappa shape index (κ2) is 5.44. The van der Waals surface area contributed by atoms with Gasteiger partial charge in [-0.1, -0.05) is 6.92 Å². The molecule has 8 nitrogen and oxygen atoms in total. The van der Waals surface area contributed by atoms with Crippen LogP contribution in [0, 0.1) is 5.82 Å². The molecule has 0 aromatic carbocycles. The van der Waals surface area contributed by atoms with Crippen molar-refractivity contribution in [1.29, 1.82) is 0 Å². The van der Waals surface area contributed by atoms with Gasteiger partial charge >= 0.3 is 5.69 Å². The number of nitrogens with zero attached hydrogens (tertiary/aromatic N) is 1. The number of rotatable bonds is 3. The van der Waals surface area contributed by atoms with Gasteiger partial charge in [-0.05, 0) is 6.42 Å². The van der Waals surface area contributed by atoms with Crippen molar-refractivity contribution in [3.8, 4) is 0 Å². The Morgan fingerprint density at radius 1 is 1.45 bits per heavy atom. The second-order valence-corrected chi connectivity index (χ2v) is 4.56. The Morgan fingerprint density at radius 3 is 2.70 bits per heavy atom. The lowest BCUT2D eigenvalue weighted by atomic mass is 10.0. The fourth-order valence-electron chi connectivity index (χ4n) is 2.14. The summed E-state index contributed by atoms with van der Waals surface area (Å²) in [5, 5.41) is 29.3. The minimum Gasteiger partial charge on any atom is -0.390 e. The summed E-state index contributed by atoms with van der Waals surface area (Å²) < 4.78 is 18.7. The van der Waals surface area contributed by atoms with Crippen LogP contribution >= 0.6 is 0 Å². The van der Waals surface area contributed by atoms with Crippen LogP contribution in [0.1, 0.15) is 19.6 Å². The maximum absolute atomic E-state index is 13.2. The fraction of sp³-hybridized carbons (Fsp3) is 0.636. The zero-order valence-corrected chi connectivity index (χ0v) is 10.6. The Balaban J connectivity index is 2.43. The number of aliphatic hydroxyl groups is 3. The normalized spacial score (nSPS) is 31.4. The smallest absolute Gasteiger partial charge is 0.330 e. The number of aromatic nitrogens is 2. The van der Waals surface area contributed by atoms with E-state index >= 15 is 0 Å². The molecule has 20 heavy (non-hydrogen) atoms. The molecule has 0 spiro atoms. The zero-order chi connectivity index (χ0) is 15.0. The Hall–Kier alpha value is -1.55. The Labute approximate surface area is 112 Å². The fourth-order valence-corrected chi connectivity index (χ4v) is 2.14. The minimum absolute atomic E-state index is 0.232. The van der Waals surface area contributed by atoms with Gasteiger partial charge in [0.1, 0.15) is 18.3 Å². The molecule has 2 heterocycles. The van der Waals surface area contributed by atoms with Gasteiger partial charge in [0.25, 0.3) is 5.56 Å². The first-order chi connectivity index (χ1) is 9.38. The summed E-state index contributed by atoms with van der Waals surface area (Å²) in [6, 6.07) is 0. The molecule has 5 atom stereocenters. The van der Waals surface area contributed by atoms with E-state index in [4.69, 9.17) is 4.74 Å². The van der Waals surface area contributed by atoms with Crippen molar-refractivity contribution >= 4 is 0 Å². The molecule has 9 heteroatoms. The topological polar surface area (TPSA) is 125 Å². The lowest BCUT2D eigenvalue weighted by Gasteiger charge is -2.19. The number of ether oxygens (including phenoxy) is 1. The largest absolute Gasteiger partial charge is 0.390 e. The third-order valence-electron chi connectivity index (χ3n) is 3.29. The van der Waals surface area contributed by atoms with E-state index < -0.39 is 47.7 Å². The highest BCUT2D eigenvalue weighted by molar-refractivity contribution is 4.96. The number of H-pyrrole nitrogens is 1. The average Bonchev–Trinajstić information content (AvgIpc) is 2.71. The van der Waals surface area contributed by atoms with Crippen LogP contribution in [0.2, 0.25) is 0 Å². The van der Waals surface area contributed by atoms with E-state index in [0.29, 0.717) is 10.8 Å². The van der Waals surface area contributed by atoms with Crippen LogP contribution in [0.4, 0.5) is 4.39 Å². The molecule has 0 unspecified atom stereocenters. The van der Waals surface area contributed by atoms with Crippen LogP contribution in [0.15, 0.2) is 15.8 Å². The number of aromatic amines is 1. The molecule has 0 amide bonds. The van der Waals surface area contributed by atoms with Gasteiger partial charge in [-0.2, -0.15) is 4.39 Å². The number of hydrogen-bond donors (Lipinski definition) is 4. The third-order valence-corrected chi connectivity index (χ3v) is 3.29. The Kier molecular flexibility index (Phi) is 4.04. The van der Waals surface area contributed by atoms with Crippen LogP contribution in [-0.4, -0.2) is 49.3 Å². The number of nitrogens with one attached hydrogen (secondary N) is 1. The quantitative estimate of drug-likeness (QED) is 0.513. The highest BCUT2D eigenvalue weighted by Crippen LogP contribution is 2.30. The van der Waals surface area contributed by atoms with Crippen molar-refractivity contribution in [2.24, 2.45) is 0 Å². The average molecular weight is 290 g/mol. The molecule has 0 bridgehead atoms. The van der Waals surface area contributed by atoms with Gasteiger partial charge in [-0.25, -0.2) is 9.36 Å². The van der Waals surface area contributed by atoms with Crippen LogP contribution in [0.3, 0.4) is 0 Å². The predicted octanol–water partition coefficient (Wildman–Crippen LogP) is -1.93. The molecule has 0 aliphatic carbocycles. The first-order valence-electron chi connectivity index (χ1n) is 6.07. The summed E-state index contributed by atoms with van der Waals surface area (Å²) >= 11 is 0. The van der Waals surface area contributed by atoms with Gasteiger partial charge in [0.05, 0.1) is 6.10 Å². The number of halogens is 1.